The third kappa shape index (κ3) is 3.78. The molecule has 0 spiro atoms. The van der Waals surface area contributed by atoms with Crippen LogP contribution in [0.15, 0.2) is 42.5 Å². The van der Waals surface area contributed by atoms with Crippen LogP contribution in [0.3, 0.4) is 0 Å². The van der Waals surface area contributed by atoms with E-state index in [1.165, 1.54) is 6.07 Å². The van der Waals surface area contributed by atoms with Crippen molar-refractivity contribution in [3.8, 4) is 5.75 Å². The highest BCUT2D eigenvalue weighted by Gasteiger charge is 2.35. The summed E-state index contributed by atoms with van der Waals surface area (Å²) < 4.78 is 44.1. The molecule has 3 nitrogen and oxygen atoms in total. The molecule has 0 saturated carbocycles. The van der Waals surface area contributed by atoms with Crippen molar-refractivity contribution in [2.24, 2.45) is 0 Å². The molecule has 0 heterocycles. The van der Waals surface area contributed by atoms with Crippen molar-refractivity contribution in [1.29, 1.82) is 0 Å². The lowest BCUT2D eigenvalue weighted by Gasteiger charge is -2.13. The van der Waals surface area contributed by atoms with Crippen LogP contribution >= 0.6 is 0 Å². The Kier molecular flexibility index (Phi) is 4.40. The topological polar surface area (TPSA) is 46.5 Å². The van der Waals surface area contributed by atoms with Gasteiger partial charge >= 0.3 is 12.1 Å². The van der Waals surface area contributed by atoms with Gasteiger partial charge in [-0.25, -0.2) is 4.79 Å². The molecule has 1 N–H and O–H groups in total. The maximum atomic E-state index is 12.9. The van der Waals surface area contributed by atoms with E-state index in [9.17, 15) is 18.0 Å². The van der Waals surface area contributed by atoms with Gasteiger partial charge in [0.15, 0.2) is 0 Å². The van der Waals surface area contributed by atoms with Crippen LogP contribution in [0, 0.1) is 6.92 Å². The van der Waals surface area contributed by atoms with Crippen molar-refractivity contribution in [2.75, 3.05) is 0 Å². The summed E-state index contributed by atoms with van der Waals surface area (Å²) in [6.45, 7) is 1.83. The van der Waals surface area contributed by atoms with Crippen molar-refractivity contribution in [2.45, 2.75) is 19.7 Å². The van der Waals surface area contributed by atoms with E-state index in [1.54, 1.807) is 12.1 Å². The second-order valence-electron chi connectivity index (χ2n) is 4.78. The van der Waals surface area contributed by atoms with Gasteiger partial charge in [-0.3, -0.25) is 0 Å². The molecule has 0 aliphatic carbocycles. The molecule has 0 bridgehead atoms. The van der Waals surface area contributed by atoms with Crippen LogP contribution in [0.4, 0.5) is 13.2 Å². The fourth-order valence-electron chi connectivity index (χ4n) is 1.90. The van der Waals surface area contributed by atoms with Gasteiger partial charge in [0.05, 0.1) is 11.1 Å². The van der Waals surface area contributed by atoms with E-state index in [1.807, 2.05) is 19.1 Å². The predicted octanol–water partition coefficient (Wildman–Crippen LogP) is 4.29. The highest BCUT2D eigenvalue weighted by atomic mass is 19.4. The maximum absolute atomic E-state index is 12.9. The minimum absolute atomic E-state index is 0.0773. The first-order valence-electron chi connectivity index (χ1n) is 6.40. The van der Waals surface area contributed by atoms with Gasteiger partial charge < -0.3 is 9.84 Å². The summed E-state index contributed by atoms with van der Waals surface area (Å²) in [5.41, 5.74) is -0.660. The molecule has 2 aromatic carbocycles. The van der Waals surface area contributed by atoms with Gasteiger partial charge in [-0.15, -0.1) is 0 Å². The largest absolute Gasteiger partial charge is 0.489 e. The molecule has 0 amide bonds. The summed E-state index contributed by atoms with van der Waals surface area (Å²) in [5.74, 6) is -1.08. The van der Waals surface area contributed by atoms with Gasteiger partial charge in [0, 0.05) is 0 Å². The van der Waals surface area contributed by atoms with E-state index in [0.29, 0.717) is 5.75 Å². The van der Waals surface area contributed by atoms with Crippen LogP contribution in [-0.4, -0.2) is 11.1 Å². The van der Waals surface area contributed by atoms with Gasteiger partial charge in [-0.2, -0.15) is 13.2 Å². The van der Waals surface area contributed by atoms with Gasteiger partial charge in [0.2, 0.25) is 0 Å². The molecule has 22 heavy (non-hydrogen) atoms. The number of carbonyl (C=O) groups is 1. The molecule has 0 aromatic heterocycles. The Labute approximate surface area is 125 Å². The third-order valence-electron chi connectivity index (χ3n) is 3.05. The average Bonchev–Trinajstić information content (AvgIpc) is 2.45. The van der Waals surface area contributed by atoms with Crippen molar-refractivity contribution in [3.63, 3.8) is 0 Å². The smallest absolute Gasteiger partial charge is 0.417 e. The molecule has 0 saturated heterocycles. The van der Waals surface area contributed by atoms with E-state index in [2.05, 4.69) is 0 Å². The fraction of sp³-hybridized carbons (Fsp3) is 0.188. The Morgan fingerprint density at radius 3 is 2.32 bits per heavy atom. The van der Waals surface area contributed by atoms with E-state index in [0.717, 1.165) is 17.7 Å². The number of benzene rings is 2. The van der Waals surface area contributed by atoms with Crippen LogP contribution in [0.2, 0.25) is 0 Å². The summed E-state index contributed by atoms with van der Waals surface area (Å²) in [6.07, 6.45) is -4.73. The molecule has 0 aliphatic rings. The summed E-state index contributed by atoms with van der Waals surface area (Å²) in [5, 5.41) is 8.82. The van der Waals surface area contributed by atoms with Crippen molar-refractivity contribution >= 4 is 5.97 Å². The quantitative estimate of drug-likeness (QED) is 0.916. The van der Waals surface area contributed by atoms with Crippen LogP contribution in [0.5, 0.6) is 5.75 Å². The molecule has 0 aliphatic heterocycles. The molecular formula is C16H13F3O3. The number of rotatable bonds is 4. The molecule has 0 unspecified atom stereocenters. The lowest BCUT2D eigenvalue weighted by molar-refractivity contribution is -0.138. The third-order valence-corrected chi connectivity index (χ3v) is 3.05. The van der Waals surface area contributed by atoms with Gasteiger partial charge in [0.1, 0.15) is 12.4 Å². The summed E-state index contributed by atoms with van der Waals surface area (Å²) in [7, 11) is 0. The van der Waals surface area contributed by atoms with Crippen LogP contribution in [-0.2, 0) is 12.8 Å². The first-order valence-corrected chi connectivity index (χ1v) is 6.40. The zero-order valence-corrected chi connectivity index (χ0v) is 11.6. The van der Waals surface area contributed by atoms with Crippen molar-refractivity contribution < 1.29 is 27.8 Å². The van der Waals surface area contributed by atoms with E-state index >= 15 is 0 Å². The summed E-state index contributed by atoms with van der Waals surface area (Å²) in [4.78, 5) is 10.9. The number of aryl methyl sites for hydroxylation is 1. The zero-order valence-electron chi connectivity index (χ0n) is 11.6. The van der Waals surface area contributed by atoms with Crippen molar-refractivity contribution in [1.82, 2.24) is 0 Å². The average molecular weight is 310 g/mol. The molecule has 6 heteroatoms. The first kappa shape index (κ1) is 15.9. The highest BCUT2D eigenvalue weighted by molar-refractivity contribution is 5.89. The standard InChI is InChI=1S/C16H13F3O3/c1-10-2-5-12(6-3-10)22-9-11-4-7-13(15(20)21)14(8-11)16(17,18)19/h2-8H,9H2,1H3,(H,20,21). The zero-order chi connectivity index (χ0) is 16.3. The lowest BCUT2D eigenvalue weighted by atomic mass is 10.0. The molecular weight excluding hydrogens is 297 g/mol. The number of aromatic carboxylic acids is 1. The molecule has 2 rings (SSSR count). The Morgan fingerprint density at radius 1 is 1.14 bits per heavy atom. The fourth-order valence-corrected chi connectivity index (χ4v) is 1.90. The SMILES string of the molecule is Cc1ccc(OCc2ccc(C(=O)O)c(C(F)(F)F)c2)cc1. The van der Waals surface area contributed by atoms with Crippen LogP contribution < -0.4 is 4.74 Å². The predicted molar refractivity (Wildman–Crippen MR) is 73.9 cm³/mol. The molecule has 0 atom stereocenters. The number of alkyl halides is 3. The maximum Gasteiger partial charge on any atom is 0.417 e. The summed E-state index contributed by atoms with van der Waals surface area (Å²) in [6, 6.07) is 10.1. The summed E-state index contributed by atoms with van der Waals surface area (Å²) >= 11 is 0. The van der Waals surface area contributed by atoms with Gasteiger partial charge in [-0.05, 0) is 36.8 Å². The number of hydrogen-bond donors (Lipinski definition) is 1. The Morgan fingerprint density at radius 2 is 1.77 bits per heavy atom. The molecule has 2 aromatic rings. The Bertz CT molecular complexity index is 676. The van der Waals surface area contributed by atoms with Crippen LogP contribution in [0.25, 0.3) is 0 Å². The molecule has 0 fully saturated rings. The van der Waals surface area contributed by atoms with Crippen LogP contribution in [0.1, 0.15) is 27.0 Å². The number of halogens is 3. The number of hydrogen-bond acceptors (Lipinski definition) is 2. The Balaban J connectivity index is 2.21. The second-order valence-corrected chi connectivity index (χ2v) is 4.78. The normalized spacial score (nSPS) is 11.3. The highest BCUT2D eigenvalue weighted by Crippen LogP contribution is 2.33. The van der Waals surface area contributed by atoms with E-state index < -0.39 is 23.3 Å². The van der Waals surface area contributed by atoms with E-state index in [4.69, 9.17) is 9.84 Å². The number of carboxylic acid groups (broad SMARTS) is 1. The Hall–Kier alpha value is -2.50. The number of ether oxygens (including phenoxy) is 1. The minimum atomic E-state index is -4.73. The van der Waals surface area contributed by atoms with Gasteiger partial charge in [0.25, 0.3) is 0 Å². The number of carboxylic acids is 1. The molecule has 0 radical (unpaired) electrons. The minimum Gasteiger partial charge on any atom is -0.489 e. The second kappa shape index (κ2) is 6.09. The van der Waals surface area contributed by atoms with E-state index in [-0.39, 0.29) is 12.2 Å². The monoisotopic (exact) mass is 310 g/mol. The van der Waals surface area contributed by atoms with Gasteiger partial charge in [-0.1, -0.05) is 23.8 Å². The van der Waals surface area contributed by atoms with Crippen molar-refractivity contribution in [3.05, 3.63) is 64.7 Å². The molecule has 116 valence electrons. The first-order chi connectivity index (χ1) is 10.3. The lowest BCUT2D eigenvalue weighted by Crippen LogP contribution is -2.13.